The maximum atomic E-state index is 6.02. The van der Waals surface area contributed by atoms with Crippen LogP contribution < -0.4 is 10.6 Å². The van der Waals surface area contributed by atoms with Crippen molar-refractivity contribution < 1.29 is 4.74 Å². The SMILES string of the molecule is CCNC(=NCc1ncccc1C)NCCOC1CCCCCC1. The lowest BCUT2D eigenvalue weighted by molar-refractivity contribution is 0.0468. The zero-order valence-corrected chi connectivity index (χ0v) is 15.2. The van der Waals surface area contributed by atoms with Crippen LogP contribution in [0.2, 0.25) is 0 Å². The Morgan fingerprint density at radius 3 is 2.75 bits per heavy atom. The van der Waals surface area contributed by atoms with E-state index in [-0.39, 0.29) is 0 Å². The maximum absolute atomic E-state index is 6.02. The summed E-state index contributed by atoms with van der Waals surface area (Å²) in [6, 6.07) is 4.02. The topological polar surface area (TPSA) is 58.5 Å². The van der Waals surface area contributed by atoms with E-state index in [1.807, 2.05) is 12.3 Å². The van der Waals surface area contributed by atoms with Gasteiger partial charge in [0.05, 0.1) is 24.9 Å². The van der Waals surface area contributed by atoms with Gasteiger partial charge in [0.25, 0.3) is 0 Å². The van der Waals surface area contributed by atoms with Gasteiger partial charge in [-0.05, 0) is 38.3 Å². The summed E-state index contributed by atoms with van der Waals surface area (Å²) in [5, 5.41) is 6.63. The van der Waals surface area contributed by atoms with Crippen molar-refractivity contribution >= 4 is 5.96 Å². The number of guanidine groups is 1. The van der Waals surface area contributed by atoms with E-state index in [9.17, 15) is 0 Å². The standard InChI is InChI=1S/C19H32N4O/c1-3-20-19(23-15-18-16(2)9-8-12-21-18)22-13-14-24-17-10-6-4-5-7-11-17/h8-9,12,17H,3-7,10-11,13-15H2,1-2H3,(H2,20,22,23). The Morgan fingerprint density at radius 1 is 1.25 bits per heavy atom. The van der Waals surface area contributed by atoms with E-state index in [0.29, 0.717) is 12.6 Å². The van der Waals surface area contributed by atoms with Crippen LogP contribution in [-0.2, 0) is 11.3 Å². The highest BCUT2D eigenvalue weighted by molar-refractivity contribution is 5.79. The first-order valence-corrected chi connectivity index (χ1v) is 9.34. The number of ether oxygens (including phenoxy) is 1. The molecule has 1 aromatic rings. The van der Waals surface area contributed by atoms with Gasteiger partial charge in [0, 0.05) is 19.3 Å². The van der Waals surface area contributed by atoms with Crippen molar-refractivity contribution in [2.75, 3.05) is 19.7 Å². The molecule has 134 valence electrons. The summed E-state index contributed by atoms with van der Waals surface area (Å²) in [6.07, 6.45) is 10.0. The van der Waals surface area contributed by atoms with E-state index < -0.39 is 0 Å². The lowest BCUT2D eigenvalue weighted by atomic mass is 10.1. The van der Waals surface area contributed by atoms with Gasteiger partial charge in [-0.25, -0.2) is 4.99 Å². The van der Waals surface area contributed by atoms with Crippen LogP contribution in [0.3, 0.4) is 0 Å². The van der Waals surface area contributed by atoms with E-state index >= 15 is 0 Å². The third-order valence-corrected chi connectivity index (χ3v) is 4.40. The van der Waals surface area contributed by atoms with Crippen molar-refractivity contribution in [2.45, 2.75) is 65.0 Å². The van der Waals surface area contributed by atoms with Gasteiger partial charge in [0.2, 0.25) is 0 Å². The molecule has 1 fully saturated rings. The molecule has 1 aromatic heterocycles. The first-order chi connectivity index (χ1) is 11.8. The molecule has 0 bridgehead atoms. The molecule has 5 nitrogen and oxygen atoms in total. The van der Waals surface area contributed by atoms with Gasteiger partial charge in [-0.1, -0.05) is 31.7 Å². The summed E-state index contributed by atoms with van der Waals surface area (Å²) in [5.41, 5.74) is 2.19. The molecule has 2 N–H and O–H groups in total. The number of pyridine rings is 1. The van der Waals surface area contributed by atoms with Crippen molar-refractivity contribution in [3.63, 3.8) is 0 Å². The van der Waals surface area contributed by atoms with Crippen molar-refractivity contribution in [1.82, 2.24) is 15.6 Å². The number of hydrogen-bond acceptors (Lipinski definition) is 3. The maximum Gasteiger partial charge on any atom is 0.191 e. The number of aliphatic imine (C=N–C) groups is 1. The number of nitrogens with zero attached hydrogens (tertiary/aromatic N) is 2. The van der Waals surface area contributed by atoms with Gasteiger partial charge in [0.1, 0.15) is 0 Å². The van der Waals surface area contributed by atoms with Crippen molar-refractivity contribution in [1.29, 1.82) is 0 Å². The van der Waals surface area contributed by atoms with Crippen LogP contribution in [0.5, 0.6) is 0 Å². The molecule has 0 aromatic carbocycles. The van der Waals surface area contributed by atoms with Gasteiger partial charge in [0.15, 0.2) is 5.96 Å². The molecular weight excluding hydrogens is 300 g/mol. The van der Waals surface area contributed by atoms with E-state index in [0.717, 1.165) is 31.3 Å². The molecule has 0 unspecified atom stereocenters. The Kier molecular flexibility index (Phi) is 8.60. The van der Waals surface area contributed by atoms with Crippen LogP contribution in [-0.4, -0.2) is 36.7 Å². The summed E-state index contributed by atoms with van der Waals surface area (Å²) < 4.78 is 6.02. The zero-order valence-electron chi connectivity index (χ0n) is 15.2. The average molecular weight is 332 g/mol. The number of aryl methyl sites for hydroxylation is 1. The third-order valence-electron chi connectivity index (χ3n) is 4.40. The van der Waals surface area contributed by atoms with Crippen molar-refractivity contribution in [3.8, 4) is 0 Å². The Bertz CT molecular complexity index is 496. The van der Waals surface area contributed by atoms with Crippen LogP contribution in [0.1, 0.15) is 56.7 Å². The van der Waals surface area contributed by atoms with Crippen molar-refractivity contribution in [3.05, 3.63) is 29.6 Å². The molecule has 0 spiro atoms. The number of rotatable bonds is 7. The third kappa shape index (κ3) is 6.87. The van der Waals surface area contributed by atoms with Gasteiger partial charge >= 0.3 is 0 Å². The van der Waals surface area contributed by atoms with Gasteiger partial charge in [-0.2, -0.15) is 0 Å². The molecule has 1 aliphatic rings. The summed E-state index contributed by atoms with van der Waals surface area (Å²) in [5.74, 6) is 0.826. The highest BCUT2D eigenvalue weighted by atomic mass is 16.5. The molecule has 0 radical (unpaired) electrons. The van der Waals surface area contributed by atoms with Crippen LogP contribution >= 0.6 is 0 Å². The lowest BCUT2D eigenvalue weighted by Crippen LogP contribution is -2.39. The average Bonchev–Trinajstić information content (AvgIpc) is 2.86. The Hall–Kier alpha value is -1.62. The second-order valence-corrected chi connectivity index (χ2v) is 6.37. The minimum atomic E-state index is 0.449. The highest BCUT2D eigenvalue weighted by Crippen LogP contribution is 2.19. The minimum Gasteiger partial charge on any atom is -0.376 e. The summed E-state index contributed by atoms with van der Waals surface area (Å²) >= 11 is 0. The second-order valence-electron chi connectivity index (χ2n) is 6.37. The molecule has 2 rings (SSSR count). The van der Waals surface area contributed by atoms with Gasteiger partial charge in [-0.15, -0.1) is 0 Å². The predicted molar refractivity (Wildman–Crippen MR) is 99.2 cm³/mol. The summed E-state index contributed by atoms with van der Waals surface area (Å²) in [4.78, 5) is 9.01. The molecule has 0 atom stereocenters. The first-order valence-electron chi connectivity index (χ1n) is 9.34. The molecule has 1 heterocycles. The van der Waals surface area contributed by atoms with Gasteiger partial charge in [-0.3, -0.25) is 4.98 Å². The quantitative estimate of drug-likeness (QED) is 0.348. The predicted octanol–water partition coefficient (Wildman–Crippen LogP) is 3.18. The lowest BCUT2D eigenvalue weighted by Gasteiger charge is -2.16. The largest absolute Gasteiger partial charge is 0.376 e. The van der Waals surface area contributed by atoms with Crippen LogP contribution in [0, 0.1) is 6.92 Å². The highest BCUT2D eigenvalue weighted by Gasteiger charge is 2.12. The number of nitrogens with one attached hydrogen (secondary N) is 2. The van der Waals surface area contributed by atoms with Gasteiger partial charge < -0.3 is 15.4 Å². The monoisotopic (exact) mass is 332 g/mol. The molecule has 24 heavy (non-hydrogen) atoms. The van der Waals surface area contributed by atoms with Crippen LogP contribution in [0.25, 0.3) is 0 Å². The van der Waals surface area contributed by atoms with Crippen molar-refractivity contribution in [2.24, 2.45) is 4.99 Å². The number of hydrogen-bond donors (Lipinski definition) is 2. The van der Waals surface area contributed by atoms with Crippen LogP contribution in [0.15, 0.2) is 23.3 Å². The molecule has 0 aliphatic heterocycles. The Morgan fingerprint density at radius 2 is 2.04 bits per heavy atom. The minimum absolute atomic E-state index is 0.449. The summed E-state index contributed by atoms with van der Waals surface area (Å²) in [7, 11) is 0. The van der Waals surface area contributed by atoms with Crippen LogP contribution in [0.4, 0.5) is 0 Å². The molecule has 0 amide bonds. The normalized spacial score (nSPS) is 16.7. The summed E-state index contributed by atoms with van der Waals surface area (Å²) in [6.45, 7) is 7.09. The zero-order chi connectivity index (χ0) is 17.0. The second kappa shape index (κ2) is 11.0. The fourth-order valence-corrected chi connectivity index (χ4v) is 2.98. The molecule has 1 saturated carbocycles. The molecular formula is C19H32N4O. The molecule has 5 heteroatoms. The van der Waals surface area contributed by atoms with E-state index in [1.54, 1.807) is 0 Å². The van der Waals surface area contributed by atoms with E-state index in [2.05, 4.69) is 40.5 Å². The first kappa shape index (κ1) is 18.7. The fraction of sp³-hybridized carbons (Fsp3) is 0.684. The Labute approximate surface area is 146 Å². The number of aromatic nitrogens is 1. The van der Waals surface area contributed by atoms with E-state index in [1.165, 1.54) is 44.1 Å². The fourth-order valence-electron chi connectivity index (χ4n) is 2.98. The van der Waals surface area contributed by atoms with E-state index in [4.69, 9.17) is 4.74 Å². The smallest absolute Gasteiger partial charge is 0.191 e. The molecule has 1 aliphatic carbocycles. The molecule has 0 saturated heterocycles. The Balaban J connectivity index is 1.74.